The van der Waals surface area contributed by atoms with Crippen LogP contribution >= 0.6 is 11.8 Å². The van der Waals surface area contributed by atoms with Crippen molar-refractivity contribution < 1.29 is 5.11 Å². The number of thioether (sulfide) groups is 1. The van der Waals surface area contributed by atoms with Gasteiger partial charge in [0.15, 0.2) is 0 Å². The molecule has 0 saturated carbocycles. The van der Waals surface area contributed by atoms with Gasteiger partial charge in [0.05, 0.1) is 5.69 Å². The summed E-state index contributed by atoms with van der Waals surface area (Å²) >= 11 is 1.69. The van der Waals surface area contributed by atoms with E-state index < -0.39 is 0 Å². The molecule has 3 heteroatoms. The largest absolute Gasteiger partial charge is 0.505 e. The van der Waals surface area contributed by atoms with Crippen molar-refractivity contribution in [3.63, 3.8) is 0 Å². The van der Waals surface area contributed by atoms with Gasteiger partial charge in [-0.05, 0) is 30.0 Å². The van der Waals surface area contributed by atoms with E-state index in [1.807, 2.05) is 42.7 Å². The molecule has 0 fully saturated rings. The first kappa shape index (κ1) is 10.9. The molecular weight excluding hydrogens is 218 g/mol. The van der Waals surface area contributed by atoms with Crippen LogP contribution in [-0.4, -0.2) is 11.4 Å². The SMILES string of the molecule is CSc1ccc(-c2cccc(N)c2O)cc1. The first-order valence-electron chi connectivity index (χ1n) is 4.94. The monoisotopic (exact) mass is 231 g/mol. The van der Waals surface area contributed by atoms with Gasteiger partial charge < -0.3 is 10.8 Å². The predicted molar refractivity (Wildman–Crippen MR) is 69.7 cm³/mol. The summed E-state index contributed by atoms with van der Waals surface area (Å²) in [6, 6.07) is 13.4. The Bertz CT molecular complexity index is 494. The molecule has 0 aliphatic carbocycles. The van der Waals surface area contributed by atoms with Crippen molar-refractivity contribution in [3.05, 3.63) is 42.5 Å². The molecule has 0 heterocycles. The van der Waals surface area contributed by atoms with Crippen molar-refractivity contribution >= 4 is 17.4 Å². The van der Waals surface area contributed by atoms with Gasteiger partial charge in [-0.25, -0.2) is 0 Å². The van der Waals surface area contributed by atoms with Crippen molar-refractivity contribution in [2.45, 2.75) is 4.90 Å². The lowest BCUT2D eigenvalue weighted by atomic mass is 10.0. The number of hydrogen-bond donors (Lipinski definition) is 2. The molecule has 2 aromatic carbocycles. The lowest BCUT2D eigenvalue weighted by molar-refractivity contribution is 0.480. The van der Waals surface area contributed by atoms with Crippen LogP contribution in [0.5, 0.6) is 5.75 Å². The second-order valence-electron chi connectivity index (χ2n) is 3.47. The van der Waals surface area contributed by atoms with E-state index in [1.54, 1.807) is 17.8 Å². The average Bonchev–Trinajstić information content (AvgIpc) is 2.33. The van der Waals surface area contributed by atoms with Crippen LogP contribution in [0.3, 0.4) is 0 Å². The molecule has 2 aromatic rings. The van der Waals surface area contributed by atoms with Crippen molar-refractivity contribution in [2.75, 3.05) is 12.0 Å². The summed E-state index contributed by atoms with van der Waals surface area (Å²) in [7, 11) is 0. The van der Waals surface area contributed by atoms with Gasteiger partial charge >= 0.3 is 0 Å². The highest BCUT2D eigenvalue weighted by Gasteiger charge is 2.06. The molecule has 0 amide bonds. The maximum atomic E-state index is 9.85. The molecule has 0 aliphatic rings. The Morgan fingerprint density at radius 1 is 1.06 bits per heavy atom. The Kier molecular flexibility index (Phi) is 3.06. The molecule has 0 radical (unpaired) electrons. The van der Waals surface area contributed by atoms with Crippen LogP contribution in [0.4, 0.5) is 5.69 Å². The molecule has 2 rings (SSSR count). The average molecular weight is 231 g/mol. The molecule has 0 unspecified atom stereocenters. The van der Waals surface area contributed by atoms with E-state index in [2.05, 4.69) is 0 Å². The highest BCUT2D eigenvalue weighted by Crippen LogP contribution is 2.34. The highest BCUT2D eigenvalue weighted by molar-refractivity contribution is 7.98. The maximum Gasteiger partial charge on any atom is 0.146 e. The second kappa shape index (κ2) is 4.49. The fourth-order valence-corrected chi connectivity index (χ4v) is 1.97. The minimum atomic E-state index is 0.152. The Morgan fingerprint density at radius 2 is 1.75 bits per heavy atom. The molecule has 3 N–H and O–H groups in total. The zero-order valence-electron chi connectivity index (χ0n) is 8.97. The summed E-state index contributed by atoms with van der Waals surface area (Å²) < 4.78 is 0. The first-order chi connectivity index (χ1) is 7.72. The summed E-state index contributed by atoms with van der Waals surface area (Å²) in [5.41, 5.74) is 7.81. The quantitative estimate of drug-likeness (QED) is 0.473. The fraction of sp³-hybridized carbons (Fsp3) is 0.0769. The fourth-order valence-electron chi connectivity index (χ4n) is 1.56. The number of benzene rings is 2. The molecule has 0 spiro atoms. The van der Waals surface area contributed by atoms with Crippen LogP contribution < -0.4 is 5.73 Å². The predicted octanol–water partition coefficient (Wildman–Crippen LogP) is 3.36. The third-order valence-corrected chi connectivity index (χ3v) is 3.21. The highest BCUT2D eigenvalue weighted by atomic mass is 32.2. The van der Waals surface area contributed by atoms with Gasteiger partial charge in [-0.3, -0.25) is 0 Å². The van der Waals surface area contributed by atoms with E-state index >= 15 is 0 Å². The van der Waals surface area contributed by atoms with E-state index in [4.69, 9.17) is 5.73 Å². The van der Waals surface area contributed by atoms with Crippen LogP contribution in [0.1, 0.15) is 0 Å². The van der Waals surface area contributed by atoms with E-state index in [-0.39, 0.29) is 5.75 Å². The number of para-hydroxylation sites is 1. The normalized spacial score (nSPS) is 10.3. The Morgan fingerprint density at radius 3 is 2.38 bits per heavy atom. The Hall–Kier alpha value is -1.61. The Balaban J connectivity index is 2.46. The molecule has 0 saturated heterocycles. The standard InChI is InChI=1S/C13H13NOS/c1-16-10-7-5-9(6-8-10)11-3-2-4-12(14)13(11)15/h2-8,15H,14H2,1H3. The summed E-state index contributed by atoms with van der Waals surface area (Å²) in [6.45, 7) is 0. The van der Waals surface area contributed by atoms with Gasteiger partial charge in [0, 0.05) is 10.5 Å². The summed E-state index contributed by atoms with van der Waals surface area (Å²) in [4.78, 5) is 1.20. The van der Waals surface area contributed by atoms with Gasteiger partial charge in [0.25, 0.3) is 0 Å². The smallest absolute Gasteiger partial charge is 0.146 e. The molecule has 0 atom stereocenters. The molecule has 0 aromatic heterocycles. The van der Waals surface area contributed by atoms with Gasteiger partial charge in [-0.2, -0.15) is 0 Å². The molecule has 0 aliphatic heterocycles. The lowest BCUT2D eigenvalue weighted by Crippen LogP contribution is -1.87. The minimum Gasteiger partial charge on any atom is -0.505 e. The van der Waals surface area contributed by atoms with E-state index in [1.165, 1.54) is 4.90 Å². The van der Waals surface area contributed by atoms with Crippen LogP contribution in [-0.2, 0) is 0 Å². The zero-order valence-corrected chi connectivity index (χ0v) is 9.79. The number of phenols is 1. The van der Waals surface area contributed by atoms with E-state index in [9.17, 15) is 5.11 Å². The van der Waals surface area contributed by atoms with Gasteiger partial charge in [0.2, 0.25) is 0 Å². The third-order valence-electron chi connectivity index (χ3n) is 2.47. The lowest BCUT2D eigenvalue weighted by Gasteiger charge is -2.07. The topological polar surface area (TPSA) is 46.2 Å². The van der Waals surface area contributed by atoms with Crippen molar-refractivity contribution in [2.24, 2.45) is 0 Å². The molecule has 82 valence electrons. The number of aromatic hydroxyl groups is 1. The number of rotatable bonds is 2. The van der Waals surface area contributed by atoms with Gasteiger partial charge in [-0.15, -0.1) is 11.8 Å². The summed E-state index contributed by atoms with van der Waals surface area (Å²) in [5, 5.41) is 9.85. The number of phenolic OH excluding ortho intramolecular Hbond substituents is 1. The number of hydrogen-bond acceptors (Lipinski definition) is 3. The van der Waals surface area contributed by atoms with E-state index in [0.717, 1.165) is 11.1 Å². The molecule has 16 heavy (non-hydrogen) atoms. The van der Waals surface area contributed by atoms with Crippen molar-refractivity contribution in [3.8, 4) is 16.9 Å². The minimum absolute atomic E-state index is 0.152. The molecule has 2 nitrogen and oxygen atoms in total. The number of anilines is 1. The second-order valence-corrected chi connectivity index (χ2v) is 4.35. The third kappa shape index (κ3) is 1.99. The Labute approximate surface area is 99.1 Å². The van der Waals surface area contributed by atoms with Gasteiger partial charge in [0.1, 0.15) is 5.75 Å². The van der Waals surface area contributed by atoms with Crippen molar-refractivity contribution in [1.29, 1.82) is 0 Å². The van der Waals surface area contributed by atoms with Crippen molar-refractivity contribution in [1.82, 2.24) is 0 Å². The molecule has 0 bridgehead atoms. The van der Waals surface area contributed by atoms with Crippen LogP contribution in [0.2, 0.25) is 0 Å². The number of nitrogens with two attached hydrogens (primary N) is 1. The molecular formula is C13H13NOS. The van der Waals surface area contributed by atoms with Crippen LogP contribution in [0, 0.1) is 0 Å². The summed E-state index contributed by atoms with van der Waals surface area (Å²) in [5.74, 6) is 0.152. The van der Waals surface area contributed by atoms with E-state index in [0.29, 0.717) is 5.69 Å². The summed E-state index contributed by atoms with van der Waals surface area (Å²) in [6.07, 6.45) is 2.03. The van der Waals surface area contributed by atoms with Crippen LogP contribution in [0.25, 0.3) is 11.1 Å². The van der Waals surface area contributed by atoms with Crippen LogP contribution in [0.15, 0.2) is 47.4 Å². The maximum absolute atomic E-state index is 9.85. The van der Waals surface area contributed by atoms with Gasteiger partial charge in [-0.1, -0.05) is 24.3 Å². The first-order valence-corrected chi connectivity index (χ1v) is 6.16. The zero-order chi connectivity index (χ0) is 11.5. The number of nitrogen functional groups attached to an aromatic ring is 1.